The Morgan fingerprint density at radius 1 is 1.19 bits per heavy atom. The maximum absolute atomic E-state index is 12.8. The van der Waals surface area contributed by atoms with E-state index >= 15 is 0 Å². The molecule has 2 fully saturated rings. The van der Waals surface area contributed by atoms with Crippen molar-refractivity contribution in [3.05, 3.63) is 23.7 Å². The normalized spacial score (nSPS) is 24.1. The quantitative estimate of drug-likeness (QED) is 0.871. The van der Waals surface area contributed by atoms with E-state index in [1.807, 2.05) is 0 Å². The van der Waals surface area contributed by atoms with E-state index in [-0.39, 0.29) is 24.3 Å². The SMILES string of the molecule is O=C(O)c1cnc2c(c1)nc(C[C@H]1CC[C@@H](C(F)(F)F)CC1)n2C1CC1. The zero-order chi connectivity index (χ0) is 18.5. The Balaban J connectivity index is 1.56. The van der Waals surface area contributed by atoms with Gasteiger partial charge in [0.05, 0.1) is 11.5 Å². The van der Waals surface area contributed by atoms with Gasteiger partial charge in [-0.15, -0.1) is 0 Å². The number of aromatic carboxylic acids is 1. The van der Waals surface area contributed by atoms with Gasteiger partial charge < -0.3 is 9.67 Å². The molecule has 0 saturated heterocycles. The van der Waals surface area contributed by atoms with Crippen LogP contribution in [0, 0.1) is 11.8 Å². The van der Waals surface area contributed by atoms with Crippen LogP contribution in [0.4, 0.5) is 13.2 Å². The molecule has 0 amide bonds. The summed E-state index contributed by atoms with van der Waals surface area (Å²) in [4.78, 5) is 20.0. The molecule has 0 unspecified atom stereocenters. The summed E-state index contributed by atoms with van der Waals surface area (Å²) in [5.74, 6) is -1.22. The average molecular weight is 367 g/mol. The molecule has 2 heterocycles. The molecular formula is C18H20F3N3O2. The second-order valence-corrected chi connectivity index (χ2v) is 7.46. The van der Waals surface area contributed by atoms with E-state index in [1.165, 1.54) is 12.3 Å². The summed E-state index contributed by atoms with van der Waals surface area (Å²) in [5.41, 5.74) is 1.32. The van der Waals surface area contributed by atoms with Gasteiger partial charge >= 0.3 is 12.1 Å². The zero-order valence-corrected chi connectivity index (χ0v) is 14.2. The lowest BCUT2D eigenvalue weighted by molar-refractivity contribution is -0.183. The summed E-state index contributed by atoms with van der Waals surface area (Å²) in [6.07, 6.45) is 1.38. The number of carboxylic acids is 1. The molecule has 4 rings (SSSR count). The summed E-state index contributed by atoms with van der Waals surface area (Å²) in [7, 11) is 0. The van der Waals surface area contributed by atoms with Crippen molar-refractivity contribution < 1.29 is 23.1 Å². The maximum Gasteiger partial charge on any atom is 0.391 e. The number of imidazole rings is 1. The van der Waals surface area contributed by atoms with E-state index in [4.69, 9.17) is 5.11 Å². The highest BCUT2D eigenvalue weighted by Crippen LogP contribution is 2.42. The van der Waals surface area contributed by atoms with Crippen molar-refractivity contribution in [1.29, 1.82) is 0 Å². The molecule has 0 bridgehead atoms. The lowest BCUT2D eigenvalue weighted by atomic mass is 9.80. The highest BCUT2D eigenvalue weighted by Gasteiger charge is 2.41. The zero-order valence-electron chi connectivity index (χ0n) is 14.2. The van der Waals surface area contributed by atoms with Crippen LogP contribution in [0.15, 0.2) is 12.3 Å². The number of carbonyl (C=O) groups is 1. The molecule has 26 heavy (non-hydrogen) atoms. The molecule has 0 radical (unpaired) electrons. The summed E-state index contributed by atoms with van der Waals surface area (Å²) in [5, 5.41) is 9.13. The van der Waals surface area contributed by atoms with Gasteiger partial charge in [0.25, 0.3) is 0 Å². The number of rotatable bonds is 4. The predicted molar refractivity (Wildman–Crippen MR) is 88.0 cm³/mol. The Labute approximate surface area is 148 Å². The van der Waals surface area contributed by atoms with E-state index in [0.717, 1.165) is 18.7 Å². The van der Waals surface area contributed by atoms with E-state index in [2.05, 4.69) is 14.5 Å². The smallest absolute Gasteiger partial charge is 0.391 e. The number of hydrogen-bond acceptors (Lipinski definition) is 3. The van der Waals surface area contributed by atoms with Gasteiger partial charge in [0.1, 0.15) is 11.3 Å². The number of aromatic nitrogens is 3. The Hall–Kier alpha value is -2.12. The first-order chi connectivity index (χ1) is 12.3. The Kier molecular flexibility index (Phi) is 4.16. The van der Waals surface area contributed by atoms with Crippen molar-refractivity contribution >= 4 is 17.1 Å². The van der Waals surface area contributed by atoms with Gasteiger partial charge in [-0.05, 0) is 50.5 Å². The van der Waals surface area contributed by atoms with E-state index < -0.39 is 18.1 Å². The van der Waals surface area contributed by atoms with E-state index in [0.29, 0.717) is 36.5 Å². The monoisotopic (exact) mass is 367 g/mol. The molecule has 0 atom stereocenters. The van der Waals surface area contributed by atoms with Gasteiger partial charge in [-0.1, -0.05) is 0 Å². The van der Waals surface area contributed by atoms with Crippen LogP contribution < -0.4 is 0 Å². The van der Waals surface area contributed by atoms with Gasteiger partial charge in [-0.2, -0.15) is 13.2 Å². The fourth-order valence-electron chi connectivity index (χ4n) is 3.96. The lowest BCUT2D eigenvalue weighted by Gasteiger charge is -2.29. The number of halogens is 3. The topological polar surface area (TPSA) is 68.0 Å². The van der Waals surface area contributed by atoms with Crippen LogP contribution in [0.3, 0.4) is 0 Å². The molecule has 0 aromatic carbocycles. The van der Waals surface area contributed by atoms with Crippen LogP contribution in [0.5, 0.6) is 0 Å². The minimum Gasteiger partial charge on any atom is -0.478 e. The molecule has 0 aliphatic heterocycles. The number of alkyl halides is 3. The molecule has 140 valence electrons. The molecule has 2 aromatic rings. The minimum atomic E-state index is -4.09. The molecule has 0 spiro atoms. The maximum atomic E-state index is 12.8. The molecule has 8 heteroatoms. The van der Waals surface area contributed by atoms with Crippen LogP contribution in [0.1, 0.15) is 60.7 Å². The second-order valence-electron chi connectivity index (χ2n) is 7.46. The third-order valence-electron chi connectivity index (χ3n) is 5.54. The average Bonchev–Trinajstić information content (AvgIpc) is 3.35. The standard InChI is InChI=1S/C18H20F3N3O2/c19-18(20,21)12-3-1-10(2-4-12)7-15-23-14-8-11(17(25)26)9-22-16(14)24(15)13-5-6-13/h8-10,12-13H,1-7H2,(H,25,26)/t10-,12+. The summed E-state index contributed by atoms with van der Waals surface area (Å²) < 4.78 is 40.6. The van der Waals surface area contributed by atoms with Crippen LogP contribution in [-0.4, -0.2) is 31.8 Å². The largest absolute Gasteiger partial charge is 0.478 e. The first-order valence-electron chi connectivity index (χ1n) is 9.00. The Morgan fingerprint density at radius 2 is 1.88 bits per heavy atom. The van der Waals surface area contributed by atoms with Crippen LogP contribution in [0.2, 0.25) is 0 Å². The molecule has 1 N–H and O–H groups in total. The molecule has 2 aliphatic carbocycles. The fourth-order valence-corrected chi connectivity index (χ4v) is 3.96. The first-order valence-corrected chi connectivity index (χ1v) is 9.00. The predicted octanol–water partition coefficient (Wildman–Crippen LogP) is 4.38. The van der Waals surface area contributed by atoms with Gasteiger partial charge in [-0.3, -0.25) is 0 Å². The Bertz CT molecular complexity index is 834. The van der Waals surface area contributed by atoms with Crippen molar-refractivity contribution in [2.45, 2.75) is 57.2 Å². The van der Waals surface area contributed by atoms with Crippen LogP contribution in [0.25, 0.3) is 11.2 Å². The van der Waals surface area contributed by atoms with Crippen LogP contribution in [-0.2, 0) is 6.42 Å². The molecule has 5 nitrogen and oxygen atoms in total. The fraction of sp³-hybridized carbons (Fsp3) is 0.611. The van der Waals surface area contributed by atoms with Crippen molar-refractivity contribution in [2.75, 3.05) is 0 Å². The first kappa shape index (κ1) is 17.3. The molecular weight excluding hydrogens is 347 g/mol. The molecule has 2 aliphatic rings. The highest BCUT2D eigenvalue weighted by atomic mass is 19.4. The van der Waals surface area contributed by atoms with Crippen molar-refractivity contribution in [3.8, 4) is 0 Å². The summed E-state index contributed by atoms with van der Waals surface area (Å²) in [6, 6.07) is 1.85. The highest BCUT2D eigenvalue weighted by molar-refractivity contribution is 5.90. The van der Waals surface area contributed by atoms with Gasteiger partial charge in [0.2, 0.25) is 0 Å². The molecule has 2 aromatic heterocycles. The van der Waals surface area contributed by atoms with Gasteiger partial charge in [0, 0.05) is 18.7 Å². The lowest BCUT2D eigenvalue weighted by Crippen LogP contribution is -2.28. The second kappa shape index (κ2) is 6.25. The third kappa shape index (κ3) is 3.29. The number of pyridine rings is 1. The molecule has 2 saturated carbocycles. The van der Waals surface area contributed by atoms with Gasteiger partial charge in [-0.25, -0.2) is 14.8 Å². The third-order valence-corrected chi connectivity index (χ3v) is 5.54. The van der Waals surface area contributed by atoms with Crippen molar-refractivity contribution in [2.24, 2.45) is 11.8 Å². The number of carboxylic acid groups (broad SMARTS) is 1. The number of nitrogens with zero attached hydrogens (tertiary/aromatic N) is 3. The number of fused-ring (bicyclic) bond motifs is 1. The van der Waals surface area contributed by atoms with Crippen LogP contribution >= 0.6 is 0 Å². The summed E-state index contributed by atoms with van der Waals surface area (Å²) in [6.45, 7) is 0. The van der Waals surface area contributed by atoms with Gasteiger partial charge in [0.15, 0.2) is 5.65 Å². The van der Waals surface area contributed by atoms with Crippen molar-refractivity contribution in [3.63, 3.8) is 0 Å². The Morgan fingerprint density at radius 3 is 2.46 bits per heavy atom. The summed E-state index contributed by atoms with van der Waals surface area (Å²) >= 11 is 0. The van der Waals surface area contributed by atoms with Crippen molar-refractivity contribution in [1.82, 2.24) is 14.5 Å². The number of hydrogen-bond donors (Lipinski definition) is 1. The van der Waals surface area contributed by atoms with E-state index in [1.54, 1.807) is 0 Å². The van der Waals surface area contributed by atoms with E-state index in [9.17, 15) is 18.0 Å². The minimum absolute atomic E-state index is 0.0928.